The molecule has 5 nitrogen and oxygen atoms in total. The Hall–Kier alpha value is -1.09. The summed E-state index contributed by atoms with van der Waals surface area (Å²) in [6, 6.07) is 1.73. The number of sulfonamides is 1. The number of nitrogens with zero attached hydrogens (tertiary/aromatic N) is 1. The molecule has 0 saturated carbocycles. The maximum Gasteiger partial charge on any atom is 0.246 e. The second-order valence-corrected chi connectivity index (χ2v) is 7.40. The van der Waals surface area contributed by atoms with E-state index in [1.807, 2.05) is 0 Å². The summed E-state index contributed by atoms with van der Waals surface area (Å²) in [5.74, 6) is -2.73. The molecule has 1 saturated heterocycles. The Kier molecular flexibility index (Phi) is 4.34. The zero-order valence-electron chi connectivity index (χ0n) is 11.8. The maximum absolute atomic E-state index is 13.9. The molecule has 0 radical (unpaired) electrons. The van der Waals surface area contributed by atoms with Crippen molar-refractivity contribution in [2.45, 2.75) is 31.0 Å². The van der Waals surface area contributed by atoms with Crippen molar-refractivity contribution in [3.05, 3.63) is 29.3 Å². The Morgan fingerprint density at radius 1 is 1.38 bits per heavy atom. The topological polar surface area (TPSA) is 66.8 Å². The minimum atomic E-state index is -4.19. The van der Waals surface area contributed by atoms with E-state index < -0.39 is 38.8 Å². The molecular weight excluding hydrogens is 304 g/mol. The van der Waals surface area contributed by atoms with Crippen LogP contribution in [0.4, 0.5) is 8.78 Å². The molecule has 0 amide bonds. The van der Waals surface area contributed by atoms with Crippen LogP contribution in [0.1, 0.15) is 19.4 Å². The van der Waals surface area contributed by atoms with E-state index in [0.29, 0.717) is 0 Å². The molecule has 0 unspecified atom stereocenters. The highest BCUT2D eigenvalue weighted by molar-refractivity contribution is 7.89. The van der Waals surface area contributed by atoms with Gasteiger partial charge in [-0.1, -0.05) is 0 Å². The van der Waals surface area contributed by atoms with Crippen molar-refractivity contribution in [2.24, 2.45) is 0 Å². The largest absolute Gasteiger partial charge is 0.392 e. The van der Waals surface area contributed by atoms with Crippen LogP contribution in [0.5, 0.6) is 0 Å². The van der Waals surface area contributed by atoms with Crippen molar-refractivity contribution < 1.29 is 27.0 Å². The molecule has 1 aliphatic rings. The van der Waals surface area contributed by atoms with Gasteiger partial charge in [0.15, 0.2) is 11.6 Å². The van der Waals surface area contributed by atoms with Crippen molar-refractivity contribution in [1.29, 1.82) is 0 Å². The summed E-state index contributed by atoms with van der Waals surface area (Å²) >= 11 is 0. The normalized spacial score (nSPS) is 19.7. The second-order valence-electron chi connectivity index (χ2n) is 5.49. The van der Waals surface area contributed by atoms with Gasteiger partial charge in [-0.3, -0.25) is 0 Å². The first-order valence-corrected chi connectivity index (χ1v) is 7.84. The summed E-state index contributed by atoms with van der Waals surface area (Å²) < 4.78 is 58.8. The number of benzene rings is 1. The Balaban J connectivity index is 2.47. The van der Waals surface area contributed by atoms with E-state index >= 15 is 0 Å². The molecule has 1 heterocycles. The fraction of sp³-hybridized carbons (Fsp3) is 0.538. The third-order valence-electron chi connectivity index (χ3n) is 3.25. The standard InChI is InChI=1S/C13H17F2NO4S/c1-13(2)8-16(3-4-20-13)21(18,19)11-6-9(7-17)5-10(14)12(11)15/h5-6,17H,3-4,7-8H2,1-2H3. The zero-order chi connectivity index (χ0) is 15.8. The van der Waals surface area contributed by atoms with Crippen molar-refractivity contribution in [3.63, 3.8) is 0 Å². The molecule has 1 aromatic carbocycles. The highest BCUT2D eigenvalue weighted by Gasteiger charge is 2.36. The monoisotopic (exact) mass is 321 g/mol. The number of halogens is 2. The van der Waals surface area contributed by atoms with E-state index in [9.17, 15) is 17.2 Å². The van der Waals surface area contributed by atoms with Crippen LogP contribution in [0.25, 0.3) is 0 Å². The Labute approximate surface area is 122 Å². The van der Waals surface area contributed by atoms with E-state index in [1.54, 1.807) is 13.8 Å². The molecule has 21 heavy (non-hydrogen) atoms. The molecule has 2 rings (SSSR count). The highest BCUT2D eigenvalue weighted by Crippen LogP contribution is 2.27. The number of rotatable bonds is 3. The molecule has 0 atom stereocenters. The average Bonchev–Trinajstić information content (AvgIpc) is 2.40. The lowest BCUT2D eigenvalue weighted by Gasteiger charge is -2.37. The van der Waals surface area contributed by atoms with Crippen LogP contribution in [-0.2, 0) is 21.4 Å². The van der Waals surface area contributed by atoms with Gasteiger partial charge in [-0.05, 0) is 31.5 Å². The van der Waals surface area contributed by atoms with Gasteiger partial charge in [-0.25, -0.2) is 17.2 Å². The lowest BCUT2D eigenvalue weighted by atomic mass is 10.1. The molecule has 0 bridgehead atoms. The fourth-order valence-corrected chi connectivity index (χ4v) is 3.91. The first-order chi connectivity index (χ1) is 9.67. The van der Waals surface area contributed by atoms with Gasteiger partial charge in [0.25, 0.3) is 0 Å². The van der Waals surface area contributed by atoms with Crippen LogP contribution < -0.4 is 0 Å². The molecular formula is C13H17F2NO4S. The summed E-state index contributed by atoms with van der Waals surface area (Å²) in [7, 11) is -4.19. The Morgan fingerprint density at radius 3 is 2.62 bits per heavy atom. The van der Waals surface area contributed by atoms with Gasteiger partial charge in [0, 0.05) is 13.1 Å². The van der Waals surface area contributed by atoms with Gasteiger partial charge in [0.2, 0.25) is 10.0 Å². The van der Waals surface area contributed by atoms with Crippen LogP contribution >= 0.6 is 0 Å². The number of aliphatic hydroxyl groups excluding tert-OH is 1. The lowest BCUT2D eigenvalue weighted by Crippen LogP contribution is -2.50. The third-order valence-corrected chi connectivity index (χ3v) is 5.09. The summed E-state index contributed by atoms with van der Waals surface area (Å²) in [6.45, 7) is 3.14. The van der Waals surface area contributed by atoms with Crippen molar-refractivity contribution >= 4 is 10.0 Å². The molecule has 1 N–H and O–H groups in total. The molecule has 0 aliphatic carbocycles. The van der Waals surface area contributed by atoms with Gasteiger partial charge in [-0.2, -0.15) is 4.31 Å². The quantitative estimate of drug-likeness (QED) is 0.910. The molecule has 0 spiro atoms. The highest BCUT2D eigenvalue weighted by atomic mass is 32.2. The average molecular weight is 321 g/mol. The molecule has 1 aliphatic heterocycles. The van der Waals surface area contributed by atoms with Crippen LogP contribution in [0, 0.1) is 11.6 Å². The van der Waals surface area contributed by atoms with Gasteiger partial charge in [0.1, 0.15) is 4.90 Å². The predicted octanol–water partition coefficient (Wildman–Crippen LogP) is 1.26. The van der Waals surface area contributed by atoms with Crippen molar-refractivity contribution in [3.8, 4) is 0 Å². The van der Waals surface area contributed by atoms with E-state index in [2.05, 4.69) is 0 Å². The maximum atomic E-state index is 13.9. The lowest BCUT2D eigenvalue weighted by molar-refractivity contribution is -0.0640. The molecule has 1 aromatic rings. The number of hydrogen-bond donors (Lipinski definition) is 1. The number of morpholine rings is 1. The number of ether oxygens (including phenoxy) is 1. The summed E-state index contributed by atoms with van der Waals surface area (Å²) in [6.07, 6.45) is 0. The number of aliphatic hydroxyl groups is 1. The fourth-order valence-electron chi connectivity index (χ4n) is 2.21. The molecule has 118 valence electrons. The summed E-state index contributed by atoms with van der Waals surface area (Å²) in [5.41, 5.74) is -0.699. The van der Waals surface area contributed by atoms with Crippen LogP contribution in [0.15, 0.2) is 17.0 Å². The summed E-state index contributed by atoms with van der Waals surface area (Å²) in [4.78, 5) is -0.760. The Morgan fingerprint density at radius 2 is 2.05 bits per heavy atom. The van der Waals surface area contributed by atoms with Crippen LogP contribution in [-0.4, -0.2) is 43.1 Å². The van der Waals surface area contributed by atoms with Crippen LogP contribution in [0.3, 0.4) is 0 Å². The minimum Gasteiger partial charge on any atom is -0.392 e. The third kappa shape index (κ3) is 3.23. The summed E-state index contributed by atoms with van der Waals surface area (Å²) in [5, 5.41) is 9.02. The number of hydrogen-bond acceptors (Lipinski definition) is 4. The van der Waals surface area contributed by atoms with Gasteiger partial charge < -0.3 is 9.84 Å². The van der Waals surface area contributed by atoms with Gasteiger partial charge in [0.05, 0.1) is 18.8 Å². The zero-order valence-corrected chi connectivity index (χ0v) is 12.6. The first kappa shape index (κ1) is 16.3. The van der Waals surface area contributed by atoms with E-state index in [0.717, 1.165) is 16.4 Å². The SMILES string of the molecule is CC1(C)CN(S(=O)(=O)c2cc(CO)cc(F)c2F)CCO1. The smallest absolute Gasteiger partial charge is 0.246 e. The Bertz CT molecular complexity index is 646. The van der Waals surface area contributed by atoms with Crippen molar-refractivity contribution in [2.75, 3.05) is 19.7 Å². The first-order valence-electron chi connectivity index (χ1n) is 6.40. The molecule has 8 heteroatoms. The van der Waals surface area contributed by atoms with Gasteiger partial charge >= 0.3 is 0 Å². The van der Waals surface area contributed by atoms with Crippen LogP contribution in [0.2, 0.25) is 0 Å². The predicted molar refractivity (Wildman–Crippen MR) is 71.1 cm³/mol. The van der Waals surface area contributed by atoms with E-state index in [-0.39, 0.29) is 25.3 Å². The molecule has 1 fully saturated rings. The van der Waals surface area contributed by atoms with Gasteiger partial charge in [-0.15, -0.1) is 0 Å². The van der Waals surface area contributed by atoms with E-state index in [1.165, 1.54) is 0 Å². The van der Waals surface area contributed by atoms with Crippen molar-refractivity contribution in [1.82, 2.24) is 4.31 Å². The van der Waals surface area contributed by atoms with E-state index in [4.69, 9.17) is 9.84 Å². The molecule has 0 aromatic heterocycles. The minimum absolute atomic E-state index is 0.00000496. The second kappa shape index (κ2) is 5.60.